The average molecular weight is 287 g/mol. The highest BCUT2D eigenvalue weighted by molar-refractivity contribution is 5.91. The minimum absolute atomic E-state index is 0.455. The third-order valence-electron chi connectivity index (χ3n) is 4.63. The van der Waals surface area contributed by atoms with Crippen molar-refractivity contribution >= 4 is 5.71 Å². The van der Waals surface area contributed by atoms with Crippen LogP contribution in [0.25, 0.3) is 0 Å². The van der Waals surface area contributed by atoms with Gasteiger partial charge in [-0.1, -0.05) is 12.5 Å². The first kappa shape index (κ1) is 14.5. The number of aromatic nitrogens is 1. The summed E-state index contributed by atoms with van der Waals surface area (Å²) in [7, 11) is 1.78. The predicted octanol–water partition coefficient (Wildman–Crippen LogP) is 3.21. The van der Waals surface area contributed by atoms with Gasteiger partial charge in [0.05, 0.1) is 12.6 Å². The summed E-state index contributed by atoms with van der Waals surface area (Å²) in [6.07, 6.45) is 11.1. The predicted molar refractivity (Wildman–Crippen MR) is 84.5 cm³/mol. The van der Waals surface area contributed by atoms with E-state index in [1.165, 1.54) is 43.4 Å². The molecule has 2 aliphatic rings. The molecule has 2 heterocycles. The second-order valence-corrected chi connectivity index (χ2v) is 6.09. The van der Waals surface area contributed by atoms with Crippen molar-refractivity contribution in [1.82, 2.24) is 9.99 Å². The number of rotatable bonds is 4. The molecule has 0 bridgehead atoms. The molecular formula is C17H25N3O. The molecule has 1 aliphatic heterocycles. The van der Waals surface area contributed by atoms with E-state index in [0.717, 1.165) is 19.6 Å². The Morgan fingerprint density at radius 2 is 2.29 bits per heavy atom. The van der Waals surface area contributed by atoms with Crippen LogP contribution in [0.1, 0.15) is 50.0 Å². The van der Waals surface area contributed by atoms with Crippen LogP contribution in [0, 0.1) is 0 Å². The standard InChI is InChI=1S/C17H25N3O/c1-21-13-15-7-5-11-20(15)19-17-9-3-2-8-16(17)14-6-4-10-18-12-14/h4,6,10,12,15-16H,2-3,5,7-9,11,13H2,1H3/t15-,16?/m1/s1. The molecular weight excluding hydrogens is 262 g/mol. The van der Waals surface area contributed by atoms with E-state index in [-0.39, 0.29) is 0 Å². The normalized spacial score (nSPS) is 28.2. The Hall–Kier alpha value is -1.42. The molecule has 0 aromatic carbocycles. The molecule has 3 rings (SSSR count). The van der Waals surface area contributed by atoms with Crippen LogP contribution in [0.4, 0.5) is 0 Å². The van der Waals surface area contributed by atoms with Crippen molar-refractivity contribution in [1.29, 1.82) is 0 Å². The number of pyridine rings is 1. The Labute approximate surface area is 127 Å². The van der Waals surface area contributed by atoms with Crippen molar-refractivity contribution in [3.8, 4) is 0 Å². The number of methoxy groups -OCH3 is 1. The van der Waals surface area contributed by atoms with Gasteiger partial charge in [0.15, 0.2) is 0 Å². The fraction of sp³-hybridized carbons (Fsp3) is 0.647. The summed E-state index contributed by atoms with van der Waals surface area (Å²) >= 11 is 0. The third-order valence-corrected chi connectivity index (χ3v) is 4.63. The fourth-order valence-electron chi connectivity index (χ4n) is 3.54. The van der Waals surface area contributed by atoms with E-state index in [0.29, 0.717) is 12.0 Å². The molecule has 0 amide bonds. The summed E-state index contributed by atoms with van der Waals surface area (Å²) in [6, 6.07) is 4.68. The van der Waals surface area contributed by atoms with E-state index in [2.05, 4.69) is 16.1 Å². The zero-order chi connectivity index (χ0) is 14.5. The van der Waals surface area contributed by atoms with Gasteiger partial charge < -0.3 is 4.74 Å². The zero-order valence-electron chi connectivity index (χ0n) is 12.9. The Kier molecular flexibility index (Phi) is 4.86. The van der Waals surface area contributed by atoms with Gasteiger partial charge in [-0.25, -0.2) is 0 Å². The molecule has 1 saturated carbocycles. The largest absolute Gasteiger partial charge is 0.382 e. The van der Waals surface area contributed by atoms with Crippen molar-refractivity contribution in [2.45, 2.75) is 50.5 Å². The Morgan fingerprint density at radius 1 is 1.33 bits per heavy atom. The lowest BCUT2D eigenvalue weighted by Gasteiger charge is -2.28. The van der Waals surface area contributed by atoms with Gasteiger partial charge in [-0.15, -0.1) is 0 Å². The maximum atomic E-state index is 5.34. The monoisotopic (exact) mass is 287 g/mol. The van der Waals surface area contributed by atoms with E-state index < -0.39 is 0 Å². The molecule has 1 aliphatic carbocycles. The first-order chi connectivity index (χ1) is 10.4. The zero-order valence-corrected chi connectivity index (χ0v) is 12.9. The molecule has 0 radical (unpaired) electrons. The van der Waals surface area contributed by atoms with Crippen LogP contribution in [0.5, 0.6) is 0 Å². The summed E-state index contributed by atoms with van der Waals surface area (Å²) in [5.74, 6) is 0.455. The van der Waals surface area contributed by atoms with Gasteiger partial charge in [0.25, 0.3) is 0 Å². The van der Waals surface area contributed by atoms with E-state index >= 15 is 0 Å². The van der Waals surface area contributed by atoms with Crippen molar-refractivity contribution in [3.05, 3.63) is 30.1 Å². The molecule has 0 spiro atoms. The smallest absolute Gasteiger partial charge is 0.0704 e. The summed E-state index contributed by atoms with van der Waals surface area (Å²) < 4.78 is 5.34. The summed E-state index contributed by atoms with van der Waals surface area (Å²) in [5.41, 5.74) is 2.66. The highest BCUT2D eigenvalue weighted by Gasteiger charge is 2.27. The van der Waals surface area contributed by atoms with Crippen molar-refractivity contribution in [2.75, 3.05) is 20.3 Å². The number of hydrogen-bond acceptors (Lipinski definition) is 4. The maximum Gasteiger partial charge on any atom is 0.0704 e. The van der Waals surface area contributed by atoms with Crippen LogP contribution in [0.2, 0.25) is 0 Å². The topological polar surface area (TPSA) is 37.7 Å². The summed E-state index contributed by atoms with van der Waals surface area (Å²) in [6.45, 7) is 1.85. The quantitative estimate of drug-likeness (QED) is 0.853. The highest BCUT2D eigenvalue weighted by Crippen LogP contribution is 2.31. The lowest BCUT2D eigenvalue weighted by Crippen LogP contribution is -2.31. The van der Waals surface area contributed by atoms with E-state index in [1.807, 2.05) is 18.5 Å². The van der Waals surface area contributed by atoms with Gasteiger partial charge in [-0.2, -0.15) is 5.10 Å². The second-order valence-electron chi connectivity index (χ2n) is 6.09. The number of ether oxygens (including phenoxy) is 1. The van der Waals surface area contributed by atoms with Crippen LogP contribution < -0.4 is 0 Å². The molecule has 0 N–H and O–H groups in total. The van der Waals surface area contributed by atoms with Crippen LogP contribution >= 0.6 is 0 Å². The van der Waals surface area contributed by atoms with Crippen molar-refractivity contribution in [2.24, 2.45) is 5.10 Å². The van der Waals surface area contributed by atoms with Gasteiger partial charge in [-0.3, -0.25) is 9.99 Å². The van der Waals surface area contributed by atoms with E-state index in [4.69, 9.17) is 9.84 Å². The van der Waals surface area contributed by atoms with Crippen molar-refractivity contribution in [3.63, 3.8) is 0 Å². The highest BCUT2D eigenvalue weighted by atomic mass is 16.5. The molecule has 114 valence electrons. The maximum absolute atomic E-state index is 5.34. The van der Waals surface area contributed by atoms with Gasteiger partial charge in [-0.05, 0) is 43.7 Å². The van der Waals surface area contributed by atoms with Crippen LogP contribution in [0.15, 0.2) is 29.6 Å². The SMILES string of the molecule is COC[C@H]1CCCN1N=C1CCCCC1c1cccnc1. The summed E-state index contributed by atoms with van der Waals surface area (Å²) in [4.78, 5) is 4.28. The van der Waals surface area contributed by atoms with Gasteiger partial charge >= 0.3 is 0 Å². The molecule has 2 atom stereocenters. The van der Waals surface area contributed by atoms with Crippen LogP contribution in [-0.4, -0.2) is 42.0 Å². The first-order valence-electron chi connectivity index (χ1n) is 8.11. The molecule has 4 nitrogen and oxygen atoms in total. The minimum atomic E-state index is 0.455. The van der Waals surface area contributed by atoms with Crippen LogP contribution in [-0.2, 0) is 4.74 Å². The van der Waals surface area contributed by atoms with Gasteiger partial charge in [0.1, 0.15) is 0 Å². The van der Waals surface area contributed by atoms with Gasteiger partial charge in [0.2, 0.25) is 0 Å². The minimum Gasteiger partial charge on any atom is -0.382 e. The molecule has 1 aromatic heterocycles. The number of nitrogens with zero attached hydrogens (tertiary/aromatic N) is 3. The Balaban J connectivity index is 1.79. The number of hydrazone groups is 1. The Morgan fingerprint density at radius 3 is 3.10 bits per heavy atom. The lowest BCUT2D eigenvalue weighted by atomic mass is 9.83. The molecule has 2 fully saturated rings. The number of hydrogen-bond donors (Lipinski definition) is 0. The van der Waals surface area contributed by atoms with E-state index in [1.54, 1.807) is 7.11 Å². The fourth-order valence-corrected chi connectivity index (χ4v) is 3.54. The van der Waals surface area contributed by atoms with Crippen molar-refractivity contribution < 1.29 is 4.74 Å². The van der Waals surface area contributed by atoms with E-state index in [9.17, 15) is 0 Å². The molecule has 4 heteroatoms. The lowest BCUT2D eigenvalue weighted by molar-refractivity contribution is 0.117. The molecule has 1 unspecified atom stereocenters. The molecule has 21 heavy (non-hydrogen) atoms. The van der Waals surface area contributed by atoms with Gasteiger partial charge in [0, 0.05) is 37.7 Å². The summed E-state index contributed by atoms with van der Waals surface area (Å²) in [5, 5.41) is 7.31. The average Bonchev–Trinajstić information content (AvgIpc) is 2.96. The molecule has 1 aromatic rings. The third kappa shape index (κ3) is 3.43. The van der Waals surface area contributed by atoms with Crippen LogP contribution in [0.3, 0.4) is 0 Å². The second kappa shape index (κ2) is 7.03. The first-order valence-corrected chi connectivity index (χ1v) is 8.11. The Bertz CT molecular complexity index is 474. The molecule has 1 saturated heterocycles.